The normalized spacial score (nSPS) is 22.0. The van der Waals surface area contributed by atoms with Crippen molar-refractivity contribution in [3.63, 3.8) is 0 Å². The van der Waals surface area contributed by atoms with Crippen molar-refractivity contribution in [1.29, 1.82) is 0 Å². The van der Waals surface area contributed by atoms with E-state index in [0.717, 1.165) is 5.56 Å². The Bertz CT molecular complexity index is 1030. The zero-order chi connectivity index (χ0) is 21.2. The summed E-state index contributed by atoms with van der Waals surface area (Å²) in [7, 11) is 0.288. The zero-order valence-electron chi connectivity index (χ0n) is 15.8. The van der Waals surface area contributed by atoms with Crippen molar-refractivity contribution < 1.29 is 13.3 Å². The summed E-state index contributed by atoms with van der Waals surface area (Å²) < 4.78 is 33.5. The van der Waals surface area contributed by atoms with Gasteiger partial charge in [0, 0.05) is 24.2 Å². The first-order valence-electron chi connectivity index (χ1n) is 8.40. The lowest BCUT2D eigenvalue weighted by atomic mass is 10.0. The molecule has 0 amide bonds. The number of ether oxygens (including phenoxy) is 1. The van der Waals surface area contributed by atoms with Crippen LogP contribution in [0.5, 0.6) is 0 Å². The van der Waals surface area contributed by atoms with Gasteiger partial charge in [0.2, 0.25) is 5.96 Å². The van der Waals surface area contributed by atoms with Crippen LogP contribution < -0.4 is 5.73 Å². The molecular formula is C18H19ClFN5O2S2. The number of halogens is 2. The lowest BCUT2D eigenvalue weighted by Crippen LogP contribution is -2.47. The van der Waals surface area contributed by atoms with Crippen LogP contribution in [0.3, 0.4) is 0 Å². The Labute approximate surface area is 179 Å². The van der Waals surface area contributed by atoms with E-state index in [1.165, 1.54) is 28.1 Å². The van der Waals surface area contributed by atoms with Crippen molar-refractivity contribution in [1.82, 2.24) is 4.31 Å². The maximum atomic E-state index is 14.5. The number of aliphatic imine (C=N–C) groups is 1. The van der Waals surface area contributed by atoms with E-state index >= 15 is 0 Å². The molecule has 0 aliphatic carbocycles. The van der Waals surface area contributed by atoms with E-state index in [1.54, 1.807) is 25.2 Å². The van der Waals surface area contributed by atoms with Gasteiger partial charge in [-0.3, -0.25) is 4.31 Å². The average Bonchev–Trinajstić information content (AvgIpc) is 3.07. The first kappa shape index (κ1) is 21.4. The van der Waals surface area contributed by atoms with Gasteiger partial charge in [-0.15, -0.1) is 16.4 Å². The third-order valence-electron chi connectivity index (χ3n) is 4.32. The molecule has 0 radical (unpaired) electrons. The first-order valence-corrected chi connectivity index (χ1v) is 10.9. The minimum atomic E-state index is -1.33. The largest absolute Gasteiger partial charge is 0.477 e. The summed E-state index contributed by atoms with van der Waals surface area (Å²) in [5, 5.41) is 7.23. The second-order valence-electron chi connectivity index (χ2n) is 6.48. The third kappa shape index (κ3) is 4.49. The quantitative estimate of drug-likeness (QED) is 0.410. The number of hydrogen-bond acceptors (Lipinski definition) is 7. The van der Waals surface area contributed by atoms with Crippen LogP contribution in [0.4, 0.5) is 4.39 Å². The Morgan fingerprint density at radius 2 is 2.31 bits per heavy atom. The standard InChI is InChI=1S/C18H19ClFN5O2S2/c1-18(9-29(26)25(3)17(21)24-18)16-13(19)7-15(28-16)12-6-11(4-5-14(12)20)8-27-10-23-22-2/h4-7,10H,2,8-9H2,1,3H3,(H2,21,24)/b23-10-/t18-,29?/m0/s1. The Morgan fingerprint density at radius 3 is 3.00 bits per heavy atom. The van der Waals surface area contributed by atoms with Gasteiger partial charge < -0.3 is 10.5 Å². The molecule has 0 fully saturated rings. The molecule has 1 aliphatic rings. The fraction of sp³-hybridized carbons (Fsp3) is 0.278. The zero-order valence-corrected chi connectivity index (χ0v) is 18.2. The van der Waals surface area contributed by atoms with E-state index in [1.807, 2.05) is 6.92 Å². The molecule has 154 valence electrons. The fourth-order valence-electron chi connectivity index (χ4n) is 2.83. The molecule has 1 aromatic carbocycles. The molecule has 2 heterocycles. The molecule has 7 nitrogen and oxygen atoms in total. The summed E-state index contributed by atoms with van der Waals surface area (Å²) in [5.74, 6) is 0.0144. The summed E-state index contributed by atoms with van der Waals surface area (Å²) in [6.07, 6.45) is 1.17. The van der Waals surface area contributed by atoms with Crippen molar-refractivity contribution >= 4 is 53.0 Å². The summed E-state index contributed by atoms with van der Waals surface area (Å²) in [4.78, 5) is 5.81. The van der Waals surface area contributed by atoms with Crippen LogP contribution in [-0.4, -0.2) is 40.4 Å². The SMILES string of the molecule is C=N/N=C\OCc1ccc(F)c(-c2cc(Cl)c([C@]3(C)CS(=O)N(C)C(N)=N3)s2)c1. The van der Waals surface area contributed by atoms with E-state index in [4.69, 9.17) is 22.1 Å². The predicted molar refractivity (Wildman–Crippen MR) is 117 cm³/mol. The molecule has 1 unspecified atom stereocenters. The van der Waals surface area contributed by atoms with E-state index < -0.39 is 16.5 Å². The topological polar surface area (TPSA) is 92.6 Å². The molecule has 2 aromatic rings. The van der Waals surface area contributed by atoms with Gasteiger partial charge in [0.25, 0.3) is 0 Å². The first-order chi connectivity index (χ1) is 13.7. The van der Waals surface area contributed by atoms with Crippen molar-refractivity contribution in [3.8, 4) is 10.4 Å². The highest BCUT2D eigenvalue weighted by Gasteiger charge is 2.38. The van der Waals surface area contributed by atoms with Crippen LogP contribution >= 0.6 is 22.9 Å². The van der Waals surface area contributed by atoms with Crippen LogP contribution in [0.1, 0.15) is 17.4 Å². The summed E-state index contributed by atoms with van der Waals surface area (Å²) in [5.41, 5.74) is 6.19. The van der Waals surface area contributed by atoms with Crippen molar-refractivity contribution in [2.24, 2.45) is 20.9 Å². The highest BCUT2D eigenvalue weighted by atomic mass is 35.5. The third-order valence-corrected chi connectivity index (χ3v) is 7.76. The molecule has 3 rings (SSSR count). The molecule has 2 N–H and O–H groups in total. The Balaban J connectivity index is 1.95. The molecular weight excluding hydrogens is 437 g/mol. The number of thiophene rings is 1. The summed E-state index contributed by atoms with van der Waals surface area (Å²) in [6, 6.07) is 6.36. The summed E-state index contributed by atoms with van der Waals surface area (Å²) in [6.45, 7) is 5.23. The number of nitrogens with zero attached hydrogens (tertiary/aromatic N) is 4. The van der Waals surface area contributed by atoms with Crippen molar-refractivity contribution in [2.45, 2.75) is 19.1 Å². The predicted octanol–water partition coefficient (Wildman–Crippen LogP) is 3.51. The van der Waals surface area contributed by atoms with E-state index in [9.17, 15) is 8.60 Å². The maximum absolute atomic E-state index is 14.5. The van der Waals surface area contributed by atoms with Gasteiger partial charge in [0.15, 0.2) is 6.40 Å². The van der Waals surface area contributed by atoms with Gasteiger partial charge in [-0.1, -0.05) is 17.7 Å². The molecule has 0 spiro atoms. The van der Waals surface area contributed by atoms with Crippen molar-refractivity contribution in [3.05, 3.63) is 45.5 Å². The van der Waals surface area contributed by atoms with Crippen LogP contribution in [0.25, 0.3) is 10.4 Å². The smallest absolute Gasteiger partial charge is 0.204 e. The molecule has 11 heteroatoms. The minimum absolute atomic E-state index is 0.170. The van der Waals surface area contributed by atoms with Gasteiger partial charge in [-0.05, 0) is 30.7 Å². The number of benzene rings is 1. The molecule has 29 heavy (non-hydrogen) atoms. The molecule has 2 atom stereocenters. The Kier molecular flexibility index (Phi) is 6.35. The van der Waals surface area contributed by atoms with Crippen LogP contribution in [0.2, 0.25) is 5.02 Å². The highest BCUT2D eigenvalue weighted by Crippen LogP contribution is 2.44. The van der Waals surface area contributed by atoms with Gasteiger partial charge >= 0.3 is 0 Å². The van der Waals surface area contributed by atoms with E-state index in [-0.39, 0.29) is 24.1 Å². The second-order valence-corrected chi connectivity index (χ2v) is 9.42. The molecule has 0 bridgehead atoms. The number of rotatable bonds is 6. The molecule has 0 saturated carbocycles. The Morgan fingerprint density at radius 1 is 1.55 bits per heavy atom. The van der Waals surface area contributed by atoms with E-state index in [0.29, 0.717) is 20.3 Å². The van der Waals surface area contributed by atoms with Crippen molar-refractivity contribution in [2.75, 3.05) is 12.8 Å². The minimum Gasteiger partial charge on any atom is -0.477 e. The number of nitrogens with two attached hydrogens (primary N) is 1. The average molecular weight is 456 g/mol. The number of guanidine groups is 1. The Hall–Kier alpha value is -2.30. The second kappa shape index (κ2) is 8.60. The van der Waals surface area contributed by atoms with Gasteiger partial charge in [0.1, 0.15) is 28.9 Å². The lowest BCUT2D eigenvalue weighted by Gasteiger charge is -2.33. The summed E-state index contributed by atoms with van der Waals surface area (Å²) >= 11 is 7.77. The van der Waals surface area contributed by atoms with Crippen LogP contribution in [0.15, 0.2) is 39.5 Å². The molecule has 0 saturated heterocycles. The number of hydrogen-bond donors (Lipinski definition) is 1. The lowest BCUT2D eigenvalue weighted by molar-refractivity contribution is 0.307. The van der Waals surface area contributed by atoms with Crippen LogP contribution in [-0.2, 0) is 27.9 Å². The molecule has 1 aliphatic heterocycles. The highest BCUT2D eigenvalue weighted by molar-refractivity contribution is 7.83. The maximum Gasteiger partial charge on any atom is 0.204 e. The monoisotopic (exact) mass is 455 g/mol. The van der Waals surface area contributed by atoms with E-state index in [2.05, 4.69) is 21.9 Å². The van der Waals surface area contributed by atoms with Gasteiger partial charge in [-0.2, -0.15) is 5.10 Å². The fourth-order valence-corrected chi connectivity index (χ4v) is 5.71. The van der Waals surface area contributed by atoms with Gasteiger partial charge in [-0.25, -0.2) is 13.6 Å². The van der Waals surface area contributed by atoms with Gasteiger partial charge in [0.05, 0.1) is 15.7 Å². The van der Waals surface area contributed by atoms with Crippen LogP contribution in [0, 0.1) is 5.82 Å². The molecule has 1 aromatic heterocycles.